The number of hydrogen-bond acceptors (Lipinski definition) is 4. The molecule has 0 saturated carbocycles. The van der Waals surface area contributed by atoms with Crippen LogP contribution >= 0.6 is 0 Å². The van der Waals surface area contributed by atoms with Crippen LogP contribution in [-0.2, 0) is 14.3 Å². The molecule has 0 aliphatic heterocycles. The molecule has 19 heavy (non-hydrogen) atoms. The van der Waals surface area contributed by atoms with E-state index < -0.39 is 31.1 Å². The minimum atomic E-state index is -1.26. The molecule has 0 fully saturated rings. The number of amides is 2. The van der Waals surface area contributed by atoms with E-state index in [1.54, 1.807) is 13.8 Å². The van der Waals surface area contributed by atoms with Crippen molar-refractivity contribution in [3.63, 3.8) is 0 Å². The van der Waals surface area contributed by atoms with Crippen molar-refractivity contribution in [1.29, 1.82) is 0 Å². The number of rotatable bonds is 8. The number of carbonyl (C=O) groups is 3. The van der Waals surface area contributed by atoms with Crippen LogP contribution in [0.15, 0.2) is 0 Å². The zero-order valence-electron chi connectivity index (χ0n) is 11.3. The van der Waals surface area contributed by atoms with Crippen LogP contribution in [0, 0.1) is 0 Å². The lowest BCUT2D eigenvalue weighted by molar-refractivity contribution is -0.140. The van der Waals surface area contributed by atoms with E-state index in [4.69, 9.17) is 14.9 Å². The minimum absolute atomic E-state index is 0.271. The summed E-state index contributed by atoms with van der Waals surface area (Å²) in [4.78, 5) is 35.6. The standard InChI is InChI=1S/C11H20N2O6/c1-4-13(8(2)7-19-3)11(18)12(5-9(14)15)6-10(16)17/h8H,4-7H2,1-3H3,(H,14,15)(H,16,17). The van der Waals surface area contributed by atoms with Gasteiger partial charge >= 0.3 is 18.0 Å². The van der Waals surface area contributed by atoms with Gasteiger partial charge in [0.05, 0.1) is 12.6 Å². The van der Waals surface area contributed by atoms with Crippen molar-refractivity contribution in [2.75, 3.05) is 33.4 Å². The Bertz CT molecular complexity index is 317. The van der Waals surface area contributed by atoms with Crippen molar-refractivity contribution in [2.24, 2.45) is 0 Å². The van der Waals surface area contributed by atoms with Gasteiger partial charge in [-0.25, -0.2) is 4.79 Å². The monoisotopic (exact) mass is 276 g/mol. The number of urea groups is 1. The van der Waals surface area contributed by atoms with Gasteiger partial charge in [-0.05, 0) is 13.8 Å². The molecule has 0 bridgehead atoms. The fourth-order valence-electron chi connectivity index (χ4n) is 1.67. The molecule has 0 saturated heterocycles. The van der Waals surface area contributed by atoms with Gasteiger partial charge in [0.2, 0.25) is 0 Å². The molecule has 1 atom stereocenters. The first-order chi connectivity index (χ1) is 8.83. The van der Waals surface area contributed by atoms with E-state index in [0.717, 1.165) is 4.90 Å². The predicted octanol–water partition coefficient (Wildman–Crippen LogP) is -0.0656. The summed E-state index contributed by atoms with van der Waals surface area (Å²) >= 11 is 0. The molecule has 0 aliphatic carbocycles. The molecule has 0 aromatic heterocycles. The fourth-order valence-corrected chi connectivity index (χ4v) is 1.67. The van der Waals surface area contributed by atoms with Crippen LogP contribution in [0.25, 0.3) is 0 Å². The summed E-state index contributed by atoms with van der Waals surface area (Å²) in [5.41, 5.74) is 0. The van der Waals surface area contributed by atoms with Crippen molar-refractivity contribution in [3.05, 3.63) is 0 Å². The van der Waals surface area contributed by atoms with Gasteiger partial charge in [0.1, 0.15) is 13.1 Å². The molecule has 110 valence electrons. The van der Waals surface area contributed by atoms with Crippen molar-refractivity contribution < 1.29 is 29.3 Å². The molecule has 0 aliphatic rings. The van der Waals surface area contributed by atoms with Gasteiger partial charge in [-0.15, -0.1) is 0 Å². The van der Waals surface area contributed by atoms with E-state index in [1.165, 1.54) is 12.0 Å². The van der Waals surface area contributed by atoms with E-state index in [1.807, 2.05) is 0 Å². The van der Waals surface area contributed by atoms with Crippen LogP contribution < -0.4 is 0 Å². The van der Waals surface area contributed by atoms with Gasteiger partial charge in [-0.1, -0.05) is 0 Å². The van der Waals surface area contributed by atoms with Crippen LogP contribution in [0.2, 0.25) is 0 Å². The number of carboxylic acids is 2. The largest absolute Gasteiger partial charge is 0.480 e. The second kappa shape index (κ2) is 8.30. The van der Waals surface area contributed by atoms with Crippen molar-refractivity contribution in [2.45, 2.75) is 19.9 Å². The van der Waals surface area contributed by atoms with E-state index >= 15 is 0 Å². The van der Waals surface area contributed by atoms with Crippen LogP contribution in [-0.4, -0.2) is 77.4 Å². The maximum atomic E-state index is 12.1. The molecule has 0 radical (unpaired) electrons. The number of methoxy groups -OCH3 is 1. The molecule has 2 N–H and O–H groups in total. The normalized spacial score (nSPS) is 11.7. The van der Waals surface area contributed by atoms with Crippen molar-refractivity contribution in [3.8, 4) is 0 Å². The lowest BCUT2D eigenvalue weighted by atomic mass is 10.3. The Morgan fingerprint density at radius 3 is 1.95 bits per heavy atom. The molecule has 0 heterocycles. The highest BCUT2D eigenvalue weighted by Crippen LogP contribution is 2.05. The number of aliphatic carboxylic acids is 2. The Labute approximate surface area is 111 Å². The van der Waals surface area contributed by atoms with Gasteiger partial charge < -0.3 is 24.7 Å². The third kappa shape index (κ3) is 6.05. The molecule has 1 unspecified atom stereocenters. The van der Waals surface area contributed by atoms with E-state index in [9.17, 15) is 14.4 Å². The maximum Gasteiger partial charge on any atom is 0.323 e. The van der Waals surface area contributed by atoms with Crippen molar-refractivity contribution in [1.82, 2.24) is 9.80 Å². The first kappa shape index (κ1) is 17.2. The first-order valence-electron chi connectivity index (χ1n) is 5.81. The SMILES string of the molecule is CCN(C(=O)N(CC(=O)O)CC(=O)O)C(C)COC. The van der Waals surface area contributed by atoms with Crippen LogP contribution in [0.5, 0.6) is 0 Å². The van der Waals surface area contributed by atoms with Crippen molar-refractivity contribution >= 4 is 18.0 Å². The number of likely N-dealkylation sites (N-methyl/N-ethyl adjacent to an activating group) is 1. The van der Waals surface area contributed by atoms with Crippen LogP contribution in [0.1, 0.15) is 13.8 Å². The molecule has 2 amide bonds. The summed E-state index contributed by atoms with van der Waals surface area (Å²) < 4.78 is 4.93. The van der Waals surface area contributed by atoms with Crippen LogP contribution in [0.4, 0.5) is 4.79 Å². The lowest BCUT2D eigenvalue weighted by Gasteiger charge is -2.32. The highest BCUT2D eigenvalue weighted by atomic mass is 16.5. The number of carbonyl (C=O) groups excluding carboxylic acids is 1. The summed E-state index contributed by atoms with van der Waals surface area (Å²) in [5, 5.41) is 17.4. The molecular weight excluding hydrogens is 256 g/mol. The van der Waals surface area contributed by atoms with E-state index in [2.05, 4.69) is 0 Å². The third-order valence-electron chi connectivity index (χ3n) is 2.45. The molecule has 0 aromatic rings. The summed E-state index contributed by atoms with van der Waals surface area (Å²) in [6.45, 7) is 2.78. The highest BCUT2D eigenvalue weighted by Gasteiger charge is 2.26. The Hall–Kier alpha value is -1.83. The second-order valence-electron chi connectivity index (χ2n) is 4.02. The zero-order chi connectivity index (χ0) is 15.0. The number of hydrogen-bond donors (Lipinski definition) is 2. The average Bonchev–Trinajstić information content (AvgIpc) is 2.28. The molecule has 8 nitrogen and oxygen atoms in total. The maximum absolute atomic E-state index is 12.1. The molecular formula is C11H20N2O6. The van der Waals surface area contributed by atoms with Crippen LogP contribution in [0.3, 0.4) is 0 Å². The first-order valence-corrected chi connectivity index (χ1v) is 5.81. The Morgan fingerprint density at radius 2 is 1.63 bits per heavy atom. The van der Waals surface area contributed by atoms with Gasteiger partial charge in [-0.3, -0.25) is 9.59 Å². The van der Waals surface area contributed by atoms with Gasteiger partial charge in [-0.2, -0.15) is 0 Å². The number of nitrogens with zero attached hydrogens (tertiary/aromatic N) is 2. The molecule has 0 rings (SSSR count). The molecule has 0 spiro atoms. The number of ether oxygens (including phenoxy) is 1. The highest BCUT2D eigenvalue weighted by molar-refractivity contribution is 5.84. The summed E-state index contributed by atoms with van der Waals surface area (Å²) in [6.07, 6.45) is 0. The topological polar surface area (TPSA) is 107 Å². The Morgan fingerprint density at radius 1 is 1.16 bits per heavy atom. The molecule has 0 aromatic carbocycles. The Kier molecular flexibility index (Phi) is 7.50. The van der Waals surface area contributed by atoms with Gasteiger partial charge in [0.15, 0.2) is 0 Å². The average molecular weight is 276 g/mol. The van der Waals surface area contributed by atoms with Gasteiger partial charge in [0.25, 0.3) is 0 Å². The molecule has 8 heteroatoms. The zero-order valence-corrected chi connectivity index (χ0v) is 11.3. The van der Waals surface area contributed by atoms with Gasteiger partial charge in [0, 0.05) is 13.7 Å². The summed E-state index contributed by atoms with van der Waals surface area (Å²) in [5.74, 6) is -2.52. The summed E-state index contributed by atoms with van der Waals surface area (Å²) in [6, 6.07) is -0.899. The Balaban J connectivity index is 4.91. The summed E-state index contributed by atoms with van der Waals surface area (Å²) in [7, 11) is 1.49. The fraction of sp³-hybridized carbons (Fsp3) is 0.727. The third-order valence-corrected chi connectivity index (χ3v) is 2.45. The smallest absolute Gasteiger partial charge is 0.323 e. The van der Waals surface area contributed by atoms with E-state index in [0.29, 0.717) is 6.54 Å². The lowest BCUT2D eigenvalue weighted by Crippen LogP contribution is -2.51. The minimum Gasteiger partial charge on any atom is -0.480 e. The quantitative estimate of drug-likeness (QED) is 0.643. The van der Waals surface area contributed by atoms with E-state index in [-0.39, 0.29) is 12.6 Å². The second-order valence-corrected chi connectivity index (χ2v) is 4.02. The predicted molar refractivity (Wildman–Crippen MR) is 66.0 cm³/mol. The number of carboxylic acid groups (broad SMARTS) is 2.